The minimum atomic E-state index is -0.525. The molecule has 0 unspecified atom stereocenters. The Morgan fingerprint density at radius 1 is 0.921 bits per heavy atom. The lowest BCUT2D eigenvalue weighted by Gasteiger charge is -2.61. The molecule has 0 aromatic carbocycles. The second kappa shape index (κ2) is 11.3. The van der Waals surface area contributed by atoms with E-state index < -0.39 is 12.0 Å². The van der Waals surface area contributed by atoms with Crippen LogP contribution in [-0.4, -0.2) is 29.7 Å². The molecule has 0 radical (unpaired) electrons. The van der Waals surface area contributed by atoms with Crippen molar-refractivity contribution in [3.63, 3.8) is 0 Å². The lowest BCUT2D eigenvalue weighted by atomic mass is 9.44. The molecular weight excluding hydrogens is 474 g/mol. The number of nitrogens with two attached hydrogens (primary N) is 1. The van der Waals surface area contributed by atoms with Crippen LogP contribution in [0.3, 0.4) is 0 Å². The maximum atomic E-state index is 13.4. The summed E-state index contributed by atoms with van der Waals surface area (Å²) in [5.74, 6) is 2.93. The SMILES string of the molecule is CC[C@H](C)[C@H](CC(=O)[C@@H](N)C(C)C)C(=O)O[C@@H]1CC[C@@]2(C)[C@@H](CC[C@@H]3[C@@H]2CC[C@]2(C)[C@@H](C(C)=O)CC[C@@H]32)C1. The summed E-state index contributed by atoms with van der Waals surface area (Å²) in [6, 6.07) is -0.525. The van der Waals surface area contributed by atoms with E-state index >= 15 is 0 Å². The van der Waals surface area contributed by atoms with Crippen molar-refractivity contribution in [1.82, 2.24) is 0 Å². The van der Waals surface area contributed by atoms with E-state index in [1.807, 2.05) is 20.8 Å². The lowest BCUT2D eigenvalue weighted by Crippen LogP contribution is -2.54. The van der Waals surface area contributed by atoms with Gasteiger partial charge in [0.2, 0.25) is 0 Å². The summed E-state index contributed by atoms with van der Waals surface area (Å²) < 4.78 is 6.20. The van der Waals surface area contributed by atoms with Crippen LogP contribution in [-0.2, 0) is 19.1 Å². The highest BCUT2D eigenvalue weighted by Crippen LogP contribution is 2.67. The van der Waals surface area contributed by atoms with Crippen LogP contribution < -0.4 is 5.73 Å². The molecule has 0 heterocycles. The van der Waals surface area contributed by atoms with E-state index in [2.05, 4.69) is 27.7 Å². The molecule has 0 saturated heterocycles. The molecule has 0 aliphatic heterocycles. The van der Waals surface area contributed by atoms with Crippen LogP contribution in [0, 0.1) is 58.2 Å². The smallest absolute Gasteiger partial charge is 0.309 e. The third kappa shape index (κ3) is 5.27. The van der Waals surface area contributed by atoms with Crippen molar-refractivity contribution >= 4 is 17.5 Å². The third-order valence-corrected chi connectivity index (χ3v) is 12.5. The van der Waals surface area contributed by atoms with Gasteiger partial charge in [-0.25, -0.2) is 0 Å². The number of carbonyl (C=O) groups excluding carboxylic acids is 3. The monoisotopic (exact) mass is 529 g/mol. The van der Waals surface area contributed by atoms with E-state index in [-0.39, 0.29) is 47.4 Å². The molecule has 38 heavy (non-hydrogen) atoms. The van der Waals surface area contributed by atoms with E-state index in [0.717, 1.165) is 43.9 Å². The molecule has 0 aromatic rings. The molecule has 2 N–H and O–H groups in total. The standard InChI is InChI=1S/C33H55NO4/c1-8-20(4)25(18-29(36)30(34)19(2)3)31(37)38-23-13-15-32(6)22(17-23)9-10-24-27-12-11-26(21(5)35)33(27,7)16-14-28(24)32/h19-20,22-28,30H,8-18,34H2,1-7H3/t20-,22-,23+,24-,25-,26+,27-,28-,30-,32-,33+/m0/s1. The zero-order valence-electron chi connectivity index (χ0n) is 25.3. The second-order valence-electron chi connectivity index (χ2n) is 14.7. The molecule has 5 heteroatoms. The zero-order valence-corrected chi connectivity index (χ0v) is 25.3. The minimum Gasteiger partial charge on any atom is -0.462 e. The number of rotatable bonds is 9. The van der Waals surface area contributed by atoms with Crippen LogP contribution in [0.1, 0.15) is 119 Å². The summed E-state index contributed by atoms with van der Waals surface area (Å²) in [6.45, 7) is 14.8. The topological polar surface area (TPSA) is 86.5 Å². The second-order valence-corrected chi connectivity index (χ2v) is 14.7. The van der Waals surface area contributed by atoms with Crippen molar-refractivity contribution in [2.75, 3.05) is 0 Å². The van der Waals surface area contributed by atoms with Crippen molar-refractivity contribution in [3.05, 3.63) is 0 Å². The Kier molecular flexibility index (Phi) is 8.87. The summed E-state index contributed by atoms with van der Waals surface area (Å²) in [6.07, 6.45) is 11.2. The number of carbonyl (C=O) groups is 3. The van der Waals surface area contributed by atoms with E-state index in [0.29, 0.717) is 23.0 Å². The Balaban J connectivity index is 1.41. The molecule has 0 spiro atoms. The van der Waals surface area contributed by atoms with Gasteiger partial charge in [0.1, 0.15) is 11.9 Å². The third-order valence-electron chi connectivity index (χ3n) is 12.5. The first-order valence-corrected chi connectivity index (χ1v) is 15.8. The van der Waals surface area contributed by atoms with Gasteiger partial charge in [0, 0.05) is 12.3 Å². The fourth-order valence-corrected chi connectivity index (χ4v) is 9.77. The summed E-state index contributed by atoms with van der Waals surface area (Å²) >= 11 is 0. The first kappa shape index (κ1) is 29.7. The van der Waals surface area contributed by atoms with Gasteiger partial charge in [-0.05, 0) is 111 Å². The summed E-state index contributed by atoms with van der Waals surface area (Å²) in [4.78, 5) is 38.6. The van der Waals surface area contributed by atoms with Crippen LogP contribution in [0.25, 0.3) is 0 Å². The van der Waals surface area contributed by atoms with Gasteiger partial charge in [-0.1, -0.05) is 48.0 Å². The molecule has 0 bridgehead atoms. The highest BCUT2D eigenvalue weighted by molar-refractivity contribution is 5.88. The highest BCUT2D eigenvalue weighted by Gasteiger charge is 2.61. The predicted octanol–water partition coefficient (Wildman–Crippen LogP) is 6.75. The number of hydrogen-bond acceptors (Lipinski definition) is 5. The van der Waals surface area contributed by atoms with Crippen LogP contribution in [0.2, 0.25) is 0 Å². The molecule has 5 nitrogen and oxygen atoms in total. The quantitative estimate of drug-likeness (QED) is 0.334. The van der Waals surface area contributed by atoms with Gasteiger partial charge in [0.25, 0.3) is 0 Å². The van der Waals surface area contributed by atoms with Gasteiger partial charge in [0.05, 0.1) is 12.0 Å². The van der Waals surface area contributed by atoms with Crippen LogP contribution in [0.5, 0.6) is 0 Å². The Hall–Kier alpha value is -1.23. The van der Waals surface area contributed by atoms with Crippen LogP contribution >= 0.6 is 0 Å². The Labute approximate surface area is 231 Å². The first-order valence-electron chi connectivity index (χ1n) is 15.8. The number of ketones is 2. The first-order chi connectivity index (χ1) is 17.8. The fraction of sp³-hybridized carbons (Fsp3) is 0.909. The average molecular weight is 530 g/mol. The lowest BCUT2D eigenvalue weighted by molar-refractivity contribution is -0.169. The molecule has 4 aliphatic carbocycles. The van der Waals surface area contributed by atoms with E-state index in [1.165, 1.54) is 32.1 Å². The Bertz CT molecular complexity index is 899. The van der Waals surface area contributed by atoms with Crippen molar-refractivity contribution in [2.45, 2.75) is 131 Å². The molecule has 4 rings (SSSR count). The molecule has 216 valence electrons. The molecule has 4 aliphatic rings. The Morgan fingerprint density at radius 3 is 2.21 bits per heavy atom. The maximum absolute atomic E-state index is 13.4. The molecular formula is C33H55NO4. The average Bonchev–Trinajstić information content (AvgIpc) is 3.23. The summed E-state index contributed by atoms with van der Waals surface area (Å²) in [5.41, 5.74) is 6.62. The fourth-order valence-electron chi connectivity index (χ4n) is 9.77. The van der Waals surface area contributed by atoms with Crippen molar-refractivity contribution in [3.8, 4) is 0 Å². The van der Waals surface area contributed by atoms with Gasteiger partial charge >= 0.3 is 5.97 Å². The van der Waals surface area contributed by atoms with Crippen molar-refractivity contribution < 1.29 is 19.1 Å². The Morgan fingerprint density at radius 2 is 1.58 bits per heavy atom. The normalized spacial score (nSPS) is 40.9. The van der Waals surface area contributed by atoms with Gasteiger partial charge in [-0.3, -0.25) is 14.4 Å². The number of ether oxygens (including phenoxy) is 1. The van der Waals surface area contributed by atoms with Crippen LogP contribution in [0.15, 0.2) is 0 Å². The van der Waals surface area contributed by atoms with E-state index in [4.69, 9.17) is 10.5 Å². The number of hydrogen-bond donors (Lipinski definition) is 1. The molecule has 11 atom stereocenters. The van der Waals surface area contributed by atoms with Gasteiger partial charge in [0.15, 0.2) is 5.78 Å². The van der Waals surface area contributed by atoms with E-state index in [9.17, 15) is 14.4 Å². The maximum Gasteiger partial charge on any atom is 0.309 e. The number of esters is 1. The number of Topliss-reactive ketones (excluding diaryl/α,β-unsaturated/α-hetero) is 2. The molecule has 4 fully saturated rings. The summed E-state index contributed by atoms with van der Waals surface area (Å²) in [7, 11) is 0. The molecule has 0 aromatic heterocycles. The summed E-state index contributed by atoms with van der Waals surface area (Å²) in [5, 5.41) is 0. The highest BCUT2D eigenvalue weighted by atomic mass is 16.5. The largest absolute Gasteiger partial charge is 0.462 e. The van der Waals surface area contributed by atoms with Gasteiger partial charge in [-0.15, -0.1) is 0 Å². The van der Waals surface area contributed by atoms with Crippen molar-refractivity contribution in [1.29, 1.82) is 0 Å². The molecule has 4 saturated carbocycles. The van der Waals surface area contributed by atoms with Gasteiger partial charge < -0.3 is 10.5 Å². The minimum absolute atomic E-state index is 0.0278. The van der Waals surface area contributed by atoms with Crippen molar-refractivity contribution in [2.24, 2.45) is 63.9 Å². The zero-order chi connectivity index (χ0) is 28.0. The van der Waals surface area contributed by atoms with Gasteiger partial charge in [-0.2, -0.15) is 0 Å². The van der Waals surface area contributed by atoms with E-state index in [1.54, 1.807) is 0 Å². The van der Waals surface area contributed by atoms with Crippen LogP contribution in [0.4, 0.5) is 0 Å². The molecule has 0 amide bonds. The number of fused-ring (bicyclic) bond motifs is 5. The predicted molar refractivity (Wildman–Crippen MR) is 151 cm³/mol.